The smallest absolute Gasteiger partial charge is 0.269 e. The summed E-state index contributed by atoms with van der Waals surface area (Å²) in [5.74, 6) is -0.323. The molecular formula is C18H19FN2O3. The van der Waals surface area contributed by atoms with Crippen LogP contribution in [0.4, 0.5) is 10.1 Å². The monoisotopic (exact) mass is 330 g/mol. The summed E-state index contributed by atoms with van der Waals surface area (Å²) in [6.45, 7) is 1.08. The van der Waals surface area contributed by atoms with Crippen LogP contribution >= 0.6 is 0 Å². The van der Waals surface area contributed by atoms with Crippen molar-refractivity contribution in [2.45, 2.75) is 31.5 Å². The number of rotatable bonds is 7. The van der Waals surface area contributed by atoms with Crippen LogP contribution in [-0.2, 0) is 6.54 Å². The Balaban J connectivity index is 1.66. The predicted molar refractivity (Wildman–Crippen MR) is 87.9 cm³/mol. The van der Waals surface area contributed by atoms with Crippen LogP contribution in [0.1, 0.15) is 30.1 Å². The molecule has 0 aromatic heterocycles. The molecule has 0 heterocycles. The van der Waals surface area contributed by atoms with Crippen molar-refractivity contribution in [3.05, 3.63) is 75.6 Å². The molecule has 0 saturated heterocycles. The molecule has 0 spiro atoms. The molecular weight excluding hydrogens is 311 g/mol. The molecule has 5 nitrogen and oxygen atoms in total. The third-order valence-corrected chi connectivity index (χ3v) is 4.26. The van der Waals surface area contributed by atoms with Crippen molar-refractivity contribution < 1.29 is 14.4 Å². The van der Waals surface area contributed by atoms with Crippen molar-refractivity contribution in [2.75, 3.05) is 6.54 Å². The molecule has 6 heteroatoms. The topological polar surface area (TPSA) is 66.6 Å². The lowest BCUT2D eigenvalue weighted by molar-refractivity contribution is -0.384. The first-order valence-electron chi connectivity index (χ1n) is 7.94. The van der Waals surface area contributed by atoms with Crippen molar-refractivity contribution >= 4 is 5.69 Å². The maximum atomic E-state index is 13.0. The molecule has 0 bridgehead atoms. The normalized spacial score (nSPS) is 15.5. The van der Waals surface area contributed by atoms with Gasteiger partial charge in [0, 0.05) is 31.3 Å². The van der Waals surface area contributed by atoms with E-state index in [0.717, 1.165) is 18.4 Å². The molecule has 2 aromatic rings. The Bertz CT molecular complexity index is 699. The molecule has 2 aromatic carbocycles. The summed E-state index contributed by atoms with van der Waals surface area (Å²) in [5.41, 5.74) is 1.73. The minimum Gasteiger partial charge on any atom is -0.387 e. The molecule has 1 atom stereocenters. The lowest BCUT2D eigenvalue weighted by Crippen LogP contribution is -2.30. The summed E-state index contributed by atoms with van der Waals surface area (Å²) >= 11 is 0. The first-order valence-corrected chi connectivity index (χ1v) is 7.94. The molecule has 1 unspecified atom stereocenters. The average Bonchev–Trinajstić information content (AvgIpc) is 3.40. The van der Waals surface area contributed by atoms with Gasteiger partial charge in [0.25, 0.3) is 5.69 Å². The molecule has 24 heavy (non-hydrogen) atoms. The van der Waals surface area contributed by atoms with Gasteiger partial charge in [0.05, 0.1) is 11.0 Å². The van der Waals surface area contributed by atoms with E-state index in [0.29, 0.717) is 24.7 Å². The van der Waals surface area contributed by atoms with Gasteiger partial charge in [-0.2, -0.15) is 0 Å². The van der Waals surface area contributed by atoms with Crippen LogP contribution in [0.2, 0.25) is 0 Å². The maximum Gasteiger partial charge on any atom is 0.269 e. The van der Waals surface area contributed by atoms with E-state index in [2.05, 4.69) is 4.90 Å². The van der Waals surface area contributed by atoms with Crippen LogP contribution in [0.5, 0.6) is 0 Å². The second kappa shape index (κ2) is 7.07. The largest absolute Gasteiger partial charge is 0.387 e. The van der Waals surface area contributed by atoms with Gasteiger partial charge in [0.2, 0.25) is 0 Å². The number of aliphatic hydroxyl groups is 1. The Morgan fingerprint density at radius 3 is 2.33 bits per heavy atom. The summed E-state index contributed by atoms with van der Waals surface area (Å²) in [5, 5.41) is 21.1. The highest BCUT2D eigenvalue weighted by molar-refractivity contribution is 5.33. The molecule has 1 fully saturated rings. The molecule has 1 saturated carbocycles. The number of nitro groups is 1. The first-order chi connectivity index (χ1) is 11.5. The van der Waals surface area contributed by atoms with Gasteiger partial charge in [-0.3, -0.25) is 15.0 Å². The Labute approximate surface area is 139 Å². The van der Waals surface area contributed by atoms with Crippen molar-refractivity contribution in [2.24, 2.45) is 0 Å². The van der Waals surface area contributed by atoms with E-state index in [1.165, 1.54) is 24.3 Å². The zero-order valence-corrected chi connectivity index (χ0v) is 13.1. The van der Waals surface area contributed by atoms with Crippen molar-refractivity contribution in [1.29, 1.82) is 0 Å². The van der Waals surface area contributed by atoms with Crippen LogP contribution < -0.4 is 0 Å². The Hall–Kier alpha value is -2.31. The SMILES string of the molecule is O=[N+]([O-])c1ccc(CN(CC(O)c2ccc(F)cc2)C2CC2)cc1. The molecule has 3 rings (SSSR count). The Morgan fingerprint density at radius 1 is 1.17 bits per heavy atom. The summed E-state index contributed by atoms with van der Waals surface area (Å²) < 4.78 is 13.0. The van der Waals surface area contributed by atoms with Crippen LogP contribution in [-0.4, -0.2) is 27.5 Å². The molecule has 0 amide bonds. The standard InChI is InChI=1S/C18H19FN2O3/c19-15-5-3-14(4-6-15)18(22)12-20(16-9-10-16)11-13-1-7-17(8-2-13)21(23)24/h1-8,16,18,22H,9-12H2. The summed E-state index contributed by atoms with van der Waals surface area (Å²) in [7, 11) is 0. The van der Waals surface area contributed by atoms with Gasteiger partial charge in [-0.05, 0) is 36.1 Å². The molecule has 126 valence electrons. The maximum absolute atomic E-state index is 13.0. The number of nitro benzene ring substituents is 1. The van der Waals surface area contributed by atoms with Gasteiger partial charge in [-0.25, -0.2) is 4.39 Å². The lowest BCUT2D eigenvalue weighted by Gasteiger charge is -2.25. The summed E-state index contributed by atoms with van der Waals surface area (Å²) in [4.78, 5) is 12.5. The number of hydrogen-bond acceptors (Lipinski definition) is 4. The minimum absolute atomic E-state index is 0.0723. The number of hydrogen-bond donors (Lipinski definition) is 1. The van der Waals surface area contributed by atoms with Gasteiger partial charge in [0.15, 0.2) is 0 Å². The van der Waals surface area contributed by atoms with Gasteiger partial charge < -0.3 is 5.11 Å². The van der Waals surface area contributed by atoms with E-state index in [1.54, 1.807) is 24.3 Å². The zero-order valence-electron chi connectivity index (χ0n) is 13.1. The summed E-state index contributed by atoms with van der Waals surface area (Å²) in [6.07, 6.45) is 1.48. The van der Waals surface area contributed by atoms with Crippen LogP contribution in [0.15, 0.2) is 48.5 Å². The van der Waals surface area contributed by atoms with E-state index >= 15 is 0 Å². The highest BCUT2D eigenvalue weighted by Crippen LogP contribution is 2.30. The van der Waals surface area contributed by atoms with E-state index in [-0.39, 0.29) is 11.5 Å². The number of nitrogens with zero attached hydrogens (tertiary/aromatic N) is 2. The number of benzene rings is 2. The minimum atomic E-state index is -0.691. The zero-order chi connectivity index (χ0) is 17.1. The second-order valence-corrected chi connectivity index (χ2v) is 6.15. The average molecular weight is 330 g/mol. The van der Waals surface area contributed by atoms with Crippen molar-refractivity contribution in [1.82, 2.24) is 4.90 Å². The molecule has 1 aliphatic rings. The fourth-order valence-electron chi connectivity index (χ4n) is 2.75. The number of non-ortho nitro benzene ring substituents is 1. The predicted octanol–water partition coefficient (Wildman–Crippen LogP) is 3.43. The fraction of sp³-hybridized carbons (Fsp3) is 0.333. The third kappa shape index (κ3) is 4.15. The van der Waals surface area contributed by atoms with Crippen LogP contribution in [0.3, 0.4) is 0 Å². The Morgan fingerprint density at radius 2 is 1.79 bits per heavy atom. The van der Waals surface area contributed by atoms with Crippen molar-refractivity contribution in [3.8, 4) is 0 Å². The highest BCUT2D eigenvalue weighted by Gasteiger charge is 2.30. The third-order valence-electron chi connectivity index (χ3n) is 4.26. The first kappa shape index (κ1) is 16.5. The Kier molecular flexibility index (Phi) is 4.87. The van der Waals surface area contributed by atoms with E-state index < -0.39 is 11.0 Å². The van der Waals surface area contributed by atoms with Gasteiger partial charge in [-0.1, -0.05) is 24.3 Å². The second-order valence-electron chi connectivity index (χ2n) is 6.15. The van der Waals surface area contributed by atoms with E-state index in [1.807, 2.05) is 0 Å². The number of aliphatic hydroxyl groups excluding tert-OH is 1. The van der Waals surface area contributed by atoms with Crippen molar-refractivity contribution in [3.63, 3.8) is 0 Å². The van der Waals surface area contributed by atoms with E-state index in [9.17, 15) is 19.6 Å². The quantitative estimate of drug-likeness (QED) is 0.624. The lowest BCUT2D eigenvalue weighted by atomic mass is 10.1. The van der Waals surface area contributed by atoms with Gasteiger partial charge in [0.1, 0.15) is 5.82 Å². The van der Waals surface area contributed by atoms with Crippen LogP contribution in [0, 0.1) is 15.9 Å². The molecule has 0 radical (unpaired) electrons. The van der Waals surface area contributed by atoms with E-state index in [4.69, 9.17) is 0 Å². The molecule has 1 aliphatic carbocycles. The molecule has 0 aliphatic heterocycles. The fourth-order valence-corrected chi connectivity index (χ4v) is 2.75. The molecule has 1 N–H and O–H groups in total. The van der Waals surface area contributed by atoms with Gasteiger partial charge in [-0.15, -0.1) is 0 Å². The highest BCUT2D eigenvalue weighted by atomic mass is 19.1. The van der Waals surface area contributed by atoms with Gasteiger partial charge >= 0.3 is 0 Å². The van der Waals surface area contributed by atoms with Crippen LogP contribution in [0.25, 0.3) is 0 Å². The summed E-state index contributed by atoms with van der Waals surface area (Å²) in [6, 6.07) is 12.8. The number of halogens is 1.